The molecule has 1 atom stereocenters. The van der Waals surface area contributed by atoms with E-state index in [1.54, 1.807) is 12.1 Å². The molecule has 178 valence electrons. The molecule has 33 heavy (non-hydrogen) atoms. The molecule has 2 aromatic rings. The van der Waals surface area contributed by atoms with E-state index in [4.69, 9.17) is 9.39 Å². The molecule has 1 aromatic heterocycles. The number of nitrogens with zero attached hydrogens (tertiary/aromatic N) is 5. The minimum atomic E-state index is -1.16. The number of likely N-dealkylation sites (N-methyl/N-ethyl adjacent to an activating group) is 1. The van der Waals surface area contributed by atoms with E-state index in [0.29, 0.717) is 36.7 Å². The highest BCUT2D eigenvalue weighted by molar-refractivity contribution is 6.46. The number of unbranched alkanes of at least 4 members (excludes halogenated alkanes) is 1. The van der Waals surface area contributed by atoms with Gasteiger partial charge in [-0.25, -0.2) is 4.79 Å². The minimum Gasteiger partial charge on any atom is -0.535 e. The van der Waals surface area contributed by atoms with E-state index in [-0.39, 0.29) is 24.7 Å². The number of esters is 1. The van der Waals surface area contributed by atoms with E-state index < -0.39 is 13.1 Å². The summed E-state index contributed by atoms with van der Waals surface area (Å²) in [4.78, 5) is 28.2. The van der Waals surface area contributed by atoms with Crippen molar-refractivity contribution in [2.75, 3.05) is 33.8 Å². The second-order valence-electron chi connectivity index (χ2n) is 8.34. The highest BCUT2D eigenvalue weighted by Gasteiger charge is 2.37. The summed E-state index contributed by atoms with van der Waals surface area (Å²) in [7, 11) is 2.74. The Labute approximate surface area is 193 Å². The summed E-state index contributed by atoms with van der Waals surface area (Å²) in [5.74, 6) is -0.425. The quantitative estimate of drug-likeness (QED) is 0.278. The first-order chi connectivity index (χ1) is 15.9. The number of rotatable bonds is 11. The molecule has 1 aliphatic heterocycles. The van der Waals surface area contributed by atoms with Crippen LogP contribution in [0.2, 0.25) is 5.82 Å². The van der Waals surface area contributed by atoms with Crippen LogP contribution in [0.25, 0.3) is 0 Å². The Balaban J connectivity index is 1.53. The van der Waals surface area contributed by atoms with Crippen molar-refractivity contribution in [3.05, 3.63) is 35.2 Å². The zero-order valence-electron chi connectivity index (χ0n) is 19.4. The van der Waals surface area contributed by atoms with Crippen molar-refractivity contribution in [2.45, 2.75) is 45.0 Å². The minimum absolute atomic E-state index is 0.00400. The van der Waals surface area contributed by atoms with Gasteiger partial charge in [-0.05, 0) is 43.8 Å². The van der Waals surface area contributed by atoms with Crippen LogP contribution in [0, 0.1) is 0 Å². The van der Waals surface area contributed by atoms with Crippen molar-refractivity contribution in [2.24, 2.45) is 0 Å². The zero-order chi connectivity index (χ0) is 23.8. The fourth-order valence-electron chi connectivity index (χ4n) is 3.39. The number of nitrogens with one attached hydrogen (secondary N) is 1. The maximum atomic E-state index is 12.4. The molecule has 2 N–H and O–H groups in total. The molecule has 0 bridgehead atoms. The van der Waals surface area contributed by atoms with Gasteiger partial charge in [0, 0.05) is 18.9 Å². The lowest BCUT2D eigenvalue weighted by molar-refractivity contribution is -0.120. The Morgan fingerprint density at radius 2 is 2.21 bits per heavy atom. The van der Waals surface area contributed by atoms with Crippen molar-refractivity contribution >= 4 is 19.0 Å². The number of tetrazole rings is 1. The number of hydrogen-bond acceptors (Lipinski definition) is 9. The van der Waals surface area contributed by atoms with Crippen LogP contribution in [0.1, 0.15) is 41.5 Å². The molecule has 0 unspecified atom stereocenters. The first-order valence-corrected chi connectivity index (χ1v) is 11.2. The molecule has 0 fully saturated rings. The van der Waals surface area contributed by atoms with Gasteiger partial charge in [0.15, 0.2) is 5.82 Å². The summed E-state index contributed by atoms with van der Waals surface area (Å²) >= 11 is 0. The van der Waals surface area contributed by atoms with Crippen LogP contribution in [-0.4, -0.2) is 82.9 Å². The Bertz CT molecular complexity index is 953. The molecule has 12 heteroatoms. The number of ether oxygens (including phenoxy) is 1. The average Bonchev–Trinajstić information content (AvgIpc) is 3.23. The fraction of sp³-hybridized carbons (Fsp3) is 0.571. The summed E-state index contributed by atoms with van der Waals surface area (Å²) in [6.07, 6.45) is 2.16. The molecule has 0 aliphatic carbocycles. The molecule has 3 rings (SSSR count). The number of carbonyl (C=O) groups excluding carboxylic acids is 2. The largest absolute Gasteiger partial charge is 0.535 e. The van der Waals surface area contributed by atoms with Gasteiger partial charge in [0.2, 0.25) is 5.91 Å². The van der Waals surface area contributed by atoms with Gasteiger partial charge in [0.05, 0.1) is 19.6 Å². The first kappa shape index (κ1) is 24.7. The summed E-state index contributed by atoms with van der Waals surface area (Å²) in [5, 5.41) is 25.3. The van der Waals surface area contributed by atoms with E-state index in [9.17, 15) is 14.6 Å². The second kappa shape index (κ2) is 11.8. The highest BCUT2D eigenvalue weighted by atomic mass is 16.5. The van der Waals surface area contributed by atoms with Crippen LogP contribution < -0.4 is 9.97 Å². The van der Waals surface area contributed by atoms with Crippen LogP contribution in [0.4, 0.5) is 0 Å². The smallest absolute Gasteiger partial charge is 0.528 e. The molecule has 0 spiro atoms. The summed E-state index contributed by atoms with van der Waals surface area (Å²) < 4.78 is 10.9. The van der Waals surface area contributed by atoms with Gasteiger partial charge in [0.25, 0.3) is 0 Å². The molecular weight excluding hydrogens is 427 g/mol. The molecule has 0 saturated heterocycles. The summed E-state index contributed by atoms with van der Waals surface area (Å²) in [5.41, 5.74) is 1.09. The van der Waals surface area contributed by atoms with Crippen LogP contribution in [-0.2, 0) is 28.9 Å². The van der Waals surface area contributed by atoms with Crippen molar-refractivity contribution in [3.8, 4) is 5.75 Å². The Morgan fingerprint density at radius 1 is 1.39 bits per heavy atom. The third kappa shape index (κ3) is 7.00. The van der Waals surface area contributed by atoms with Gasteiger partial charge < -0.3 is 24.6 Å². The second-order valence-corrected chi connectivity index (χ2v) is 8.34. The normalized spacial score (nSPS) is 15.2. The maximum absolute atomic E-state index is 12.4. The molecular formula is C21H31BN6O5. The van der Waals surface area contributed by atoms with Gasteiger partial charge in [-0.1, -0.05) is 25.5 Å². The van der Waals surface area contributed by atoms with Crippen molar-refractivity contribution in [1.29, 1.82) is 0 Å². The maximum Gasteiger partial charge on any atom is 0.528 e. The number of benzene rings is 1. The number of carbonyl (C=O) groups is 2. The standard InChI is InChI=1S/C21H31BN6O5/c1-4-5-11-32-21(30)17-8-6-7-15-12-16(22(31)33-20(15)17)14-23-19(29)13-18-24-26-28(25-18)10-9-27(2)3/h6-8,16,31H,4-5,9-14H2,1-3H3,(H,23,29)/t16-/m1/s1. The first-order valence-electron chi connectivity index (χ1n) is 11.2. The number of amides is 1. The van der Waals surface area contributed by atoms with E-state index in [1.807, 2.05) is 32.0 Å². The number of para-hydroxylation sites is 1. The molecule has 2 heterocycles. The Kier molecular flexibility index (Phi) is 8.78. The van der Waals surface area contributed by atoms with E-state index in [0.717, 1.165) is 24.9 Å². The molecule has 1 amide bonds. The van der Waals surface area contributed by atoms with Crippen LogP contribution in [0.3, 0.4) is 0 Å². The predicted octanol–water partition coefficient (Wildman–Crippen LogP) is 0.336. The lowest BCUT2D eigenvalue weighted by atomic mass is 9.66. The van der Waals surface area contributed by atoms with Crippen molar-refractivity contribution < 1.29 is 24.0 Å². The lowest BCUT2D eigenvalue weighted by Crippen LogP contribution is -2.41. The predicted molar refractivity (Wildman–Crippen MR) is 121 cm³/mol. The zero-order valence-corrected chi connectivity index (χ0v) is 19.4. The van der Waals surface area contributed by atoms with Gasteiger partial charge in [-0.2, -0.15) is 4.80 Å². The topological polar surface area (TPSA) is 132 Å². The van der Waals surface area contributed by atoms with E-state index >= 15 is 0 Å². The molecule has 11 nitrogen and oxygen atoms in total. The van der Waals surface area contributed by atoms with Crippen LogP contribution >= 0.6 is 0 Å². The van der Waals surface area contributed by atoms with Crippen LogP contribution in [0.5, 0.6) is 5.75 Å². The number of fused-ring (bicyclic) bond motifs is 1. The highest BCUT2D eigenvalue weighted by Crippen LogP contribution is 2.34. The van der Waals surface area contributed by atoms with Crippen molar-refractivity contribution in [3.63, 3.8) is 0 Å². The van der Waals surface area contributed by atoms with E-state index in [2.05, 4.69) is 20.7 Å². The van der Waals surface area contributed by atoms with Gasteiger partial charge in [-0.3, -0.25) is 4.79 Å². The van der Waals surface area contributed by atoms with Gasteiger partial charge in [0.1, 0.15) is 11.3 Å². The van der Waals surface area contributed by atoms with Gasteiger partial charge in [-0.15, -0.1) is 10.2 Å². The molecule has 1 aromatic carbocycles. The Hall–Kier alpha value is -2.99. The van der Waals surface area contributed by atoms with E-state index in [1.165, 1.54) is 4.80 Å². The molecule has 0 saturated carbocycles. The summed E-state index contributed by atoms with van der Waals surface area (Å²) in [6, 6.07) is 5.23. The molecule has 1 aliphatic rings. The Morgan fingerprint density at radius 3 is 2.97 bits per heavy atom. The lowest BCUT2D eigenvalue weighted by Gasteiger charge is -2.28. The number of hydrogen-bond donors (Lipinski definition) is 2. The van der Waals surface area contributed by atoms with Gasteiger partial charge >= 0.3 is 13.1 Å². The third-order valence-corrected chi connectivity index (χ3v) is 5.29. The SMILES string of the molecule is CCCCOC(=O)c1cccc2c1OB(O)[C@@H](CNC(=O)Cc1nnn(CCN(C)C)n1)C2. The average molecular weight is 458 g/mol. The molecule has 0 radical (unpaired) electrons. The monoisotopic (exact) mass is 458 g/mol. The number of aromatic nitrogens is 4. The summed E-state index contributed by atoms with van der Waals surface area (Å²) in [6.45, 7) is 3.92. The fourth-order valence-corrected chi connectivity index (χ4v) is 3.39. The van der Waals surface area contributed by atoms with Crippen LogP contribution in [0.15, 0.2) is 18.2 Å². The van der Waals surface area contributed by atoms with Crippen molar-refractivity contribution in [1.82, 2.24) is 30.4 Å². The third-order valence-electron chi connectivity index (χ3n) is 5.29.